The molecule has 0 saturated carbocycles. The molecule has 1 unspecified atom stereocenters. The first-order valence-corrected chi connectivity index (χ1v) is 3.40. The number of rotatable bonds is 1. The van der Waals surface area contributed by atoms with E-state index in [0.29, 0.717) is 26.2 Å². The lowest BCUT2D eigenvalue weighted by atomic mass is 10.2. The minimum absolute atomic E-state index is 0.414. The summed E-state index contributed by atoms with van der Waals surface area (Å²) in [6.07, 6.45) is -1.85. The fourth-order valence-corrected chi connectivity index (χ4v) is 0.946. The van der Waals surface area contributed by atoms with Gasteiger partial charge in [-0.3, -0.25) is 0 Å². The monoisotopic (exact) mass is 151 g/mol. The second-order valence-electron chi connectivity index (χ2n) is 2.30. The van der Waals surface area contributed by atoms with Gasteiger partial charge in [0, 0.05) is 13.2 Å². The summed E-state index contributed by atoms with van der Waals surface area (Å²) in [7, 11) is 0. The van der Waals surface area contributed by atoms with Crippen LogP contribution < -0.4 is 5.32 Å². The van der Waals surface area contributed by atoms with Gasteiger partial charge in [-0.25, -0.2) is 8.78 Å². The third-order valence-electron chi connectivity index (χ3n) is 1.53. The van der Waals surface area contributed by atoms with Crippen LogP contribution in [0.4, 0.5) is 8.78 Å². The lowest BCUT2D eigenvalue weighted by Gasteiger charge is -2.12. The molecular weight excluding hydrogens is 140 g/mol. The number of ether oxygens (including phenoxy) is 1. The first-order valence-electron chi connectivity index (χ1n) is 3.40. The standard InChI is InChI=1S/C6H11F2NO/c7-6(8)5-1-3-10-4-2-9-5/h5-6,9H,1-4H2. The zero-order valence-electron chi connectivity index (χ0n) is 5.65. The molecule has 1 fully saturated rings. The summed E-state index contributed by atoms with van der Waals surface area (Å²) in [6.45, 7) is 1.53. The largest absolute Gasteiger partial charge is 0.380 e. The number of hydrogen-bond acceptors (Lipinski definition) is 2. The Hall–Kier alpha value is -0.220. The number of alkyl halides is 2. The summed E-state index contributed by atoms with van der Waals surface area (Å²) >= 11 is 0. The molecule has 1 atom stereocenters. The maximum atomic E-state index is 12.0. The fourth-order valence-electron chi connectivity index (χ4n) is 0.946. The van der Waals surface area contributed by atoms with E-state index in [1.807, 2.05) is 0 Å². The molecule has 0 aromatic carbocycles. The lowest BCUT2D eigenvalue weighted by Crippen LogP contribution is -2.35. The molecule has 60 valence electrons. The van der Waals surface area contributed by atoms with Crippen molar-refractivity contribution in [3.8, 4) is 0 Å². The van der Waals surface area contributed by atoms with Crippen molar-refractivity contribution in [2.75, 3.05) is 19.8 Å². The van der Waals surface area contributed by atoms with Crippen LogP contribution in [0, 0.1) is 0 Å². The summed E-state index contributed by atoms with van der Waals surface area (Å²) < 4.78 is 28.9. The third-order valence-corrected chi connectivity index (χ3v) is 1.53. The average molecular weight is 151 g/mol. The average Bonchev–Trinajstić information content (AvgIpc) is 2.12. The van der Waals surface area contributed by atoms with Crippen molar-refractivity contribution < 1.29 is 13.5 Å². The van der Waals surface area contributed by atoms with Gasteiger partial charge in [0.05, 0.1) is 12.6 Å². The molecular formula is C6H11F2NO. The Morgan fingerprint density at radius 2 is 2.20 bits per heavy atom. The highest BCUT2D eigenvalue weighted by Gasteiger charge is 2.20. The summed E-state index contributed by atoms with van der Waals surface area (Å²) in [6, 6.07) is -0.664. The fraction of sp³-hybridized carbons (Fsp3) is 1.00. The first-order chi connectivity index (χ1) is 4.80. The molecule has 0 aromatic heterocycles. The van der Waals surface area contributed by atoms with Crippen molar-refractivity contribution in [2.45, 2.75) is 18.9 Å². The van der Waals surface area contributed by atoms with Crippen LogP contribution in [-0.2, 0) is 4.74 Å². The van der Waals surface area contributed by atoms with E-state index in [1.165, 1.54) is 0 Å². The summed E-state index contributed by atoms with van der Waals surface area (Å²) in [5.41, 5.74) is 0. The van der Waals surface area contributed by atoms with Crippen LogP contribution in [0.25, 0.3) is 0 Å². The zero-order valence-corrected chi connectivity index (χ0v) is 5.65. The minimum Gasteiger partial charge on any atom is -0.380 e. The van der Waals surface area contributed by atoms with Crippen molar-refractivity contribution in [2.24, 2.45) is 0 Å². The van der Waals surface area contributed by atoms with Crippen LogP contribution in [0.3, 0.4) is 0 Å². The normalized spacial score (nSPS) is 28.5. The summed E-state index contributed by atoms with van der Waals surface area (Å²) in [5, 5.41) is 2.71. The van der Waals surface area contributed by atoms with Crippen molar-refractivity contribution in [1.82, 2.24) is 5.32 Å². The summed E-state index contributed by atoms with van der Waals surface area (Å²) in [4.78, 5) is 0. The Morgan fingerprint density at radius 3 is 2.90 bits per heavy atom. The van der Waals surface area contributed by atoms with E-state index in [4.69, 9.17) is 4.74 Å². The van der Waals surface area contributed by atoms with Crippen molar-refractivity contribution >= 4 is 0 Å². The molecule has 0 amide bonds. The van der Waals surface area contributed by atoms with E-state index in [9.17, 15) is 8.78 Å². The van der Waals surface area contributed by atoms with Gasteiger partial charge in [-0.15, -0.1) is 0 Å². The molecule has 0 radical (unpaired) electrons. The van der Waals surface area contributed by atoms with Gasteiger partial charge in [-0.05, 0) is 6.42 Å². The van der Waals surface area contributed by atoms with Crippen LogP contribution in [0.1, 0.15) is 6.42 Å². The van der Waals surface area contributed by atoms with Crippen LogP contribution >= 0.6 is 0 Å². The molecule has 2 nitrogen and oxygen atoms in total. The lowest BCUT2D eigenvalue weighted by molar-refractivity contribution is 0.0899. The van der Waals surface area contributed by atoms with Crippen LogP contribution in [0.15, 0.2) is 0 Å². The smallest absolute Gasteiger partial charge is 0.253 e. The molecule has 0 spiro atoms. The van der Waals surface area contributed by atoms with Crippen LogP contribution in [0.5, 0.6) is 0 Å². The van der Waals surface area contributed by atoms with Gasteiger partial charge in [0.25, 0.3) is 6.43 Å². The highest BCUT2D eigenvalue weighted by Crippen LogP contribution is 2.06. The van der Waals surface area contributed by atoms with Crippen molar-refractivity contribution in [3.05, 3.63) is 0 Å². The molecule has 0 aliphatic carbocycles. The van der Waals surface area contributed by atoms with Crippen molar-refractivity contribution in [3.63, 3.8) is 0 Å². The number of halogens is 2. The quantitative estimate of drug-likeness (QED) is 0.593. The van der Waals surface area contributed by atoms with Gasteiger partial charge in [0.1, 0.15) is 0 Å². The maximum absolute atomic E-state index is 12.0. The molecule has 1 N–H and O–H groups in total. The first kappa shape index (κ1) is 7.88. The Morgan fingerprint density at radius 1 is 1.40 bits per heavy atom. The Bertz CT molecular complexity index is 91.7. The molecule has 1 aliphatic heterocycles. The van der Waals surface area contributed by atoms with Gasteiger partial charge in [-0.1, -0.05) is 0 Å². The number of nitrogens with one attached hydrogen (secondary N) is 1. The molecule has 0 aromatic rings. The number of hydrogen-bond donors (Lipinski definition) is 1. The van der Waals surface area contributed by atoms with E-state index in [2.05, 4.69) is 5.32 Å². The Labute approximate surface area is 58.6 Å². The van der Waals surface area contributed by atoms with Gasteiger partial charge in [-0.2, -0.15) is 0 Å². The van der Waals surface area contributed by atoms with Crippen LogP contribution in [-0.4, -0.2) is 32.2 Å². The summed E-state index contributed by atoms with van der Waals surface area (Å²) in [5.74, 6) is 0. The molecule has 1 aliphatic rings. The Balaban J connectivity index is 2.28. The molecule has 1 heterocycles. The molecule has 10 heavy (non-hydrogen) atoms. The Kier molecular flexibility index (Phi) is 3.02. The zero-order chi connectivity index (χ0) is 7.40. The third kappa shape index (κ3) is 2.19. The SMILES string of the molecule is FC(F)C1CCOCCN1. The van der Waals surface area contributed by atoms with E-state index in [0.717, 1.165) is 0 Å². The van der Waals surface area contributed by atoms with E-state index < -0.39 is 12.5 Å². The van der Waals surface area contributed by atoms with E-state index in [-0.39, 0.29) is 0 Å². The maximum Gasteiger partial charge on any atom is 0.253 e. The van der Waals surface area contributed by atoms with Gasteiger partial charge >= 0.3 is 0 Å². The molecule has 4 heteroatoms. The minimum atomic E-state index is -2.26. The molecule has 1 rings (SSSR count). The highest BCUT2D eigenvalue weighted by molar-refractivity contribution is 4.70. The van der Waals surface area contributed by atoms with Gasteiger partial charge < -0.3 is 10.1 Å². The molecule has 0 bridgehead atoms. The van der Waals surface area contributed by atoms with E-state index >= 15 is 0 Å². The topological polar surface area (TPSA) is 21.3 Å². The van der Waals surface area contributed by atoms with Crippen molar-refractivity contribution in [1.29, 1.82) is 0 Å². The highest BCUT2D eigenvalue weighted by atomic mass is 19.3. The second-order valence-corrected chi connectivity index (χ2v) is 2.30. The van der Waals surface area contributed by atoms with E-state index in [1.54, 1.807) is 0 Å². The second kappa shape index (κ2) is 3.83. The molecule has 1 saturated heterocycles. The van der Waals surface area contributed by atoms with Gasteiger partial charge in [0.2, 0.25) is 0 Å². The van der Waals surface area contributed by atoms with Crippen LogP contribution in [0.2, 0.25) is 0 Å². The van der Waals surface area contributed by atoms with Gasteiger partial charge in [0.15, 0.2) is 0 Å². The predicted molar refractivity (Wildman–Crippen MR) is 33.2 cm³/mol. The predicted octanol–water partition coefficient (Wildman–Crippen LogP) is 0.630.